The van der Waals surface area contributed by atoms with E-state index in [0.29, 0.717) is 24.2 Å². The number of ether oxygens (including phenoxy) is 1. The van der Waals surface area contributed by atoms with Crippen LogP contribution in [0, 0.1) is 0 Å². The third kappa shape index (κ3) is 2.39. The quantitative estimate of drug-likeness (QED) is 0.825. The first-order chi connectivity index (χ1) is 9.62. The summed E-state index contributed by atoms with van der Waals surface area (Å²) >= 11 is 0. The number of carbonyl (C=O) groups excluding carboxylic acids is 1. The minimum absolute atomic E-state index is 0.214. The largest absolute Gasteiger partial charge is 0.545 e. The molecule has 1 aromatic heterocycles. The fourth-order valence-electron chi connectivity index (χ4n) is 2.25. The van der Waals surface area contributed by atoms with Crippen LogP contribution in [-0.4, -0.2) is 22.9 Å². The molecule has 0 bridgehead atoms. The van der Waals surface area contributed by atoms with Crippen LogP contribution in [0.5, 0.6) is 5.75 Å². The third-order valence-corrected chi connectivity index (χ3v) is 3.24. The Hall–Kier alpha value is -2.30. The average Bonchev–Trinajstić information content (AvgIpc) is 2.86. The van der Waals surface area contributed by atoms with Gasteiger partial charge in [0.05, 0.1) is 30.2 Å². The van der Waals surface area contributed by atoms with Gasteiger partial charge >= 0.3 is 0 Å². The summed E-state index contributed by atoms with van der Waals surface area (Å²) < 4.78 is 6.79. The Bertz CT molecular complexity index is 615. The highest BCUT2D eigenvalue weighted by molar-refractivity contribution is 5.88. The number of carboxylic acid groups (broad SMARTS) is 1. The van der Waals surface area contributed by atoms with Gasteiger partial charge in [0.2, 0.25) is 0 Å². The van der Waals surface area contributed by atoms with Crippen LogP contribution in [0.25, 0.3) is 5.69 Å². The summed E-state index contributed by atoms with van der Waals surface area (Å²) in [6, 6.07) is 7.34. The fourth-order valence-corrected chi connectivity index (χ4v) is 2.25. The maximum absolute atomic E-state index is 11.3. The molecule has 0 saturated carbocycles. The minimum atomic E-state index is -1.17. The Balaban J connectivity index is 2.57. The number of aryl methyl sites for hydroxylation is 1. The maximum Gasteiger partial charge on any atom is 0.119 e. The summed E-state index contributed by atoms with van der Waals surface area (Å²) in [5.74, 6) is -0.423. The first-order valence-corrected chi connectivity index (χ1v) is 6.58. The molecule has 5 nitrogen and oxygen atoms in total. The molecule has 0 aliphatic heterocycles. The molecule has 1 aromatic carbocycles. The molecule has 2 rings (SSSR count). The number of carboxylic acids is 1. The number of hydrogen-bond acceptors (Lipinski definition) is 4. The molecule has 1 heterocycles. The van der Waals surface area contributed by atoms with Gasteiger partial charge < -0.3 is 14.6 Å². The smallest absolute Gasteiger partial charge is 0.119 e. The molecule has 2 aromatic rings. The summed E-state index contributed by atoms with van der Waals surface area (Å²) in [4.78, 5) is 11.3. The second-order valence-corrected chi connectivity index (χ2v) is 4.37. The first-order valence-electron chi connectivity index (χ1n) is 6.58. The zero-order valence-electron chi connectivity index (χ0n) is 11.8. The SMILES string of the molecule is CCc1nn(-c2ccc(OC)cc2)c(CC)c1C(=O)[O-]. The molecule has 0 N–H and O–H groups in total. The number of methoxy groups -OCH3 is 1. The van der Waals surface area contributed by atoms with Crippen LogP contribution in [0.1, 0.15) is 35.6 Å². The van der Waals surface area contributed by atoms with Crippen molar-refractivity contribution in [3.8, 4) is 11.4 Å². The van der Waals surface area contributed by atoms with Crippen molar-refractivity contribution in [3.05, 3.63) is 41.2 Å². The van der Waals surface area contributed by atoms with Crippen LogP contribution in [0.2, 0.25) is 0 Å². The maximum atomic E-state index is 11.3. The predicted molar refractivity (Wildman–Crippen MR) is 73.2 cm³/mol. The summed E-state index contributed by atoms with van der Waals surface area (Å²) in [7, 11) is 1.60. The van der Waals surface area contributed by atoms with Crippen molar-refractivity contribution in [2.75, 3.05) is 7.11 Å². The number of benzene rings is 1. The first kappa shape index (κ1) is 14.1. The molecule has 0 spiro atoms. The normalized spacial score (nSPS) is 10.6. The summed E-state index contributed by atoms with van der Waals surface area (Å²) in [5, 5.41) is 15.7. The molecule has 0 aliphatic carbocycles. The van der Waals surface area contributed by atoms with E-state index in [1.807, 2.05) is 38.1 Å². The molecule has 0 fully saturated rings. The Morgan fingerprint density at radius 2 is 1.90 bits per heavy atom. The third-order valence-electron chi connectivity index (χ3n) is 3.24. The van der Waals surface area contributed by atoms with E-state index < -0.39 is 5.97 Å². The zero-order valence-corrected chi connectivity index (χ0v) is 11.8. The molecule has 0 radical (unpaired) electrons. The Morgan fingerprint density at radius 3 is 2.35 bits per heavy atom. The Morgan fingerprint density at radius 1 is 1.25 bits per heavy atom. The van der Waals surface area contributed by atoms with Crippen molar-refractivity contribution in [2.24, 2.45) is 0 Å². The molecule has 20 heavy (non-hydrogen) atoms. The number of hydrogen-bond donors (Lipinski definition) is 0. The predicted octanol–water partition coefficient (Wildman–Crippen LogP) is 1.37. The van der Waals surface area contributed by atoms with Crippen molar-refractivity contribution < 1.29 is 14.6 Å². The van der Waals surface area contributed by atoms with E-state index in [9.17, 15) is 9.90 Å². The summed E-state index contributed by atoms with van der Waals surface area (Å²) in [6.45, 7) is 3.79. The standard InChI is InChI=1S/C15H18N2O3/c1-4-12-14(15(18)19)13(5-2)17(16-12)10-6-8-11(20-3)9-7-10/h6-9H,4-5H2,1-3H3,(H,18,19)/p-1. The second-order valence-electron chi connectivity index (χ2n) is 4.37. The molecule has 0 atom stereocenters. The summed E-state index contributed by atoms with van der Waals surface area (Å²) in [6.07, 6.45) is 1.13. The van der Waals surface area contributed by atoms with Gasteiger partial charge in [-0.15, -0.1) is 0 Å². The zero-order chi connectivity index (χ0) is 14.7. The van der Waals surface area contributed by atoms with Crippen LogP contribution >= 0.6 is 0 Å². The lowest BCUT2D eigenvalue weighted by atomic mass is 10.1. The van der Waals surface area contributed by atoms with Crippen molar-refractivity contribution >= 4 is 5.97 Å². The number of carbonyl (C=O) groups is 1. The van der Waals surface area contributed by atoms with Crippen LogP contribution in [0.4, 0.5) is 0 Å². The van der Waals surface area contributed by atoms with Gasteiger partial charge in [-0.3, -0.25) is 0 Å². The van der Waals surface area contributed by atoms with Crippen molar-refractivity contribution in [1.82, 2.24) is 9.78 Å². The van der Waals surface area contributed by atoms with E-state index in [1.54, 1.807) is 11.8 Å². The number of nitrogens with zero attached hydrogens (tertiary/aromatic N) is 2. The van der Waals surface area contributed by atoms with E-state index in [2.05, 4.69) is 5.10 Å². The van der Waals surface area contributed by atoms with Gasteiger partial charge in [0.25, 0.3) is 0 Å². The minimum Gasteiger partial charge on any atom is -0.545 e. The lowest BCUT2D eigenvalue weighted by Gasteiger charge is -2.09. The highest BCUT2D eigenvalue weighted by Gasteiger charge is 2.17. The van der Waals surface area contributed by atoms with Gasteiger partial charge in [0.15, 0.2) is 0 Å². The lowest BCUT2D eigenvalue weighted by Crippen LogP contribution is -2.24. The van der Waals surface area contributed by atoms with Crippen molar-refractivity contribution in [1.29, 1.82) is 0 Å². The number of rotatable bonds is 5. The monoisotopic (exact) mass is 273 g/mol. The van der Waals surface area contributed by atoms with E-state index in [1.165, 1.54) is 0 Å². The van der Waals surface area contributed by atoms with Crippen molar-refractivity contribution in [3.63, 3.8) is 0 Å². The van der Waals surface area contributed by atoms with Crippen LogP contribution in [0.15, 0.2) is 24.3 Å². The number of aromatic nitrogens is 2. The van der Waals surface area contributed by atoms with Crippen LogP contribution in [0.3, 0.4) is 0 Å². The van der Waals surface area contributed by atoms with Crippen LogP contribution < -0.4 is 9.84 Å². The highest BCUT2D eigenvalue weighted by Crippen LogP contribution is 2.21. The van der Waals surface area contributed by atoms with E-state index in [0.717, 1.165) is 11.4 Å². The molecule has 0 aliphatic rings. The fraction of sp³-hybridized carbons (Fsp3) is 0.333. The Kier molecular flexibility index (Phi) is 4.08. The van der Waals surface area contributed by atoms with Gasteiger partial charge in [-0.25, -0.2) is 4.68 Å². The Labute approximate surface area is 117 Å². The summed E-state index contributed by atoms with van der Waals surface area (Å²) in [5.41, 5.74) is 2.24. The van der Waals surface area contributed by atoms with Gasteiger partial charge in [0.1, 0.15) is 5.75 Å². The van der Waals surface area contributed by atoms with Gasteiger partial charge in [0, 0.05) is 5.56 Å². The van der Waals surface area contributed by atoms with E-state index in [4.69, 9.17) is 4.74 Å². The molecule has 106 valence electrons. The van der Waals surface area contributed by atoms with Gasteiger partial charge in [-0.1, -0.05) is 13.8 Å². The average molecular weight is 273 g/mol. The molecule has 0 saturated heterocycles. The molecule has 5 heteroatoms. The van der Waals surface area contributed by atoms with E-state index >= 15 is 0 Å². The van der Waals surface area contributed by atoms with E-state index in [-0.39, 0.29) is 5.56 Å². The number of aromatic carboxylic acids is 1. The molecule has 0 amide bonds. The topological polar surface area (TPSA) is 67.2 Å². The lowest BCUT2D eigenvalue weighted by molar-refractivity contribution is -0.255. The second kappa shape index (κ2) is 5.77. The van der Waals surface area contributed by atoms with Crippen molar-refractivity contribution in [2.45, 2.75) is 26.7 Å². The highest BCUT2D eigenvalue weighted by atomic mass is 16.5. The van der Waals surface area contributed by atoms with Gasteiger partial charge in [-0.2, -0.15) is 5.10 Å². The molecular weight excluding hydrogens is 256 g/mol. The van der Waals surface area contributed by atoms with Crippen LogP contribution in [-0.2, 0) is 12.8 Å². The molecular formula is C15H17N2O3-. The van der Waals surface area contributed by atoms with Gasteiger partial charge in [-0.05, 0) is 37.1 Å². The molecule has 0 unspecified atom stereocenters.